The molecular formula is C17H22N2O3. The average Bonchev–Trinajstić information content (AvgIpc) is 2.55. The molecule has 1 aromatic rings. The Balaban J connectivity index is 1.74. The zero-order chi connectivity index (χ0) is 15.5. The SMILES string of the molecule is COc1cccc2c1OCC(C(=O)NC1CCNCC1C)=C2. The van der Waals surface area contributed by atoms with E-state index in [1.165, 1.54) is 0 Å². The molecular weight excluding hydrogens is 280 g/mol. The Bertz CT molecular complexity index is 598. The second-order valence-corrected chi connectivity index (χ2v) is 5.89. The van der Waals surface area contributed by atoms with Crippen molar-refractivity contribution >= 4 is 12.0 Å². The number of benzene rings is 1. The highest BCUT2D eigenvalue weighted by Crippen LogP contribution is 2.35. The highest BCUT2D eigenvalue weighted by atomic mass is 16.5. The summed E-state index contributed by atoms with van der Waals surface area (Å²) in [4.78, 5) is 12.5. The van der Waals surface area contributed by atoms with Gasteiger partial charge in [-0.05, 0) is 37.6 Å². The highest BCUT2D eigenvalue weighted by Gasteiger charge is 2.25. The van der Waals surface area contributed by atoms with Gasteiger partial charge in [0, 0.05) is 11.6 Å². The molecule has 1 aromatic carbocycles. The van der Waals surface area contributed by atoms with Crippen molar-refractivity contribution in [3.8, 4) is 11.5 Å². The van der Waals surface area contributed by atoms with Gasteiger partial charge < -0.3 is 20.1 Å². The van der Waals surface area contributed by atoms with Crippen LogP contribution in [0.5, 0.6) is 11.5 Å². The quantitative estimate of drug-likeness (QED) is 0.890. The first kappa shape index (κ1) is 14.9. The van der Waals surface area contributed by atoms with Gasteiger partial charge in [-0.2, -0.15) is 0 Å². The molecule has 22 heavy (non-hydrogen) atoms. The van der Waals surface area contributed by atoms with Crippen LogP contribution in [0.3, 0.4) is 0 Å². The summed E-state index contributed by atoms with van der Waals surface area (Å²) < 4.78 is 11.0. The normalized spacial score (nSPS) is 23.8. The maximum atomic E-state index is 12.5. The fourth-order valence-corrected chi connectivity index (χ4v) is 2.96. The van der Waals surface area contributed by atoms with Gasteiger partial charge in [0.25, 0.3) is 5.91 Å². The number of hydrogen-bond donors (Lipinski definition) is 2. The van der Waals surface area contributed by atoms with Gasteiger partial charge in [0.2, 0.25) is 0 Å². The zero-order valence-corrected chi connectivity index (χ0v) is 13.0. The van der Waals surface area contributed by atoms with Crippen LogP contribution in [-0.4, -0.2) is 38.8 Å². The maximum absolute atomic E-state index is 12.5. The molecule has 2 unspecified atom stereocenters. The van der Waals surface area contributed by atoms with Crippen LogP contribution in [0, 0.1) is 5.92 Å². The van der Waals surface area contributed by atoms with Crippen molar-refractivity contribution in [1.82, 2.24) is 10.6 Å². The summed E-state index contributed by atoms with van der Waals surface area (Å²) in [6, 6.07) is 5.90. The second kappa shape index (κ2) is 6.40. The third kappa shape index (κ3) is 2.95. The van der Waals surface area contributed by atoms with Gasteiger partial charge in [-0.25, -0.2) is 0 Å². The lowest BCUT2D eigenvalue weighted by molar-refractivity contribution is -0.118. The van der Waals surface area contributed by atoms with Crippen LogP contribution >= 0.6 is 0 Å². The molecule has 1 amide bonds. The average molecular weight is 302 g/mol. The van der Waals surface area contributed by atoms with Crippen LogP contribution in [0.25, 0.3) is 6.08 Å². The van der Waals surface area contributed by atoms with E-state index in [0.29, 0.717) is 23.0 Å². The lowest BCUT2D eigenvalue weighted by Gasteiger charge is -2.31. The Kier molecular flexibility index (Phi) is 4.34. The summed E-state index contributed by atoms with van der Waals surface area (Å²) in [6.07, 6.45) is 2.86. The van der Waals surface area contributed by atoms with E-state index in [9.17, 15) is 4.79 Å². The molecule has 1 fully saturated rings. The number of nitrogens with one attached hydrogen (secondary N) is 2. The van der Waals surface area contributed by atoms with Gasteiger partial charge in [-0.15, -0.1) is 0 Å². The maximum Gasteiger partial charge on any atom is 0.250 e. The van der Waals surface area contributed by atoms with Crippen molar-refractivity contribution in [1.29, 1.82) is 0 Å². The molecule has 0 aromatic heterocycles. The number of methoxy groups -OCH3 is 1. The van der Waals surface area contributed by atoms with Crippen molar-refractivity contribution in [3.63, 3.8) is 0 Å². The fraction of sp³-hybridized carbons (Fsp3) is 0.471. The summed E-state index contributed by atoms with van der Waals surface area (Å²) in [5.74, 6) is 1.80. The number of carbonyl (C=O) groups is 1. The summed E-state index contributed by atoms with van der Waals surface area (Å²) in [6.45, 7) is 4.33. The van der Waals surface area contributed by atoms with E-state index < -0.39 is 0 Å². The summed E-state index contributed by atoms with van der Waals surface area (Å²) in [5.41, 5.74) is 1.54. The van der Waals surface area contributed by atoms with E-state index in [0.717, 1.165) is 25.1 Å². The third-order valence-electron chi connectivity index (χ3n) is 4.32. The number of hydrogen-bond acceptors (Lipinski definition) is 4. The van der Waals surface area contributed by atoms with Gasteiger partial charge in [0.05, 0.1) is 12.7 Å². The van der Waals surface area contributed by atoms with E-state index in [4.69, 9.17) is 9.47 Å². The molecule has 1 saturated heterocycles. The molecule has 2 aliphatic heterocycles. The largest absolute Gasteiger partial charge is 0.493 e. The standard InChI is InChI=1S/C17H22N2O3/c1-11-9-18-7-6-14(11)19-17(20)13-8-12-4-3-5-15(21-2)16(12)22-10-13/h3-5,8,11,14,18H,6-7,9-10H2,1-2H3,(H,19,20). The molecule has 0 spiro atoms. The first-order chi connectivity index (χ1) is 10.7. The topological polar surface area (TPSA) is 59.6 Å². The van der Waals surface area contributed by atoms with E-state index in [-0.39, 0.29) is 18.6 Å². The molecule has 118 valence electrons. The van der Waals surface area contributed by atoms with Crippen LogP contribution in [0.2, 0.25) is 0 Å². The monoisotopic (exact) mass is 302 g/mol. The summed E-state index contributed by atoms with van der Waals surface area (Å²) >= 11 is 0. The molecule has 2 heterocycles. The summed E-state index contributed by atoms with van der Waals surface area (Å²) in [7, 11) is 1.61. The molecule has 2 N–H and O–H groups in total. The van der Waals surface area contributed by atoms with E-state index in [2.05, 4.69) is 17.6 Å². The minimum atomic E-state index is -0.0350. The Hall–Kier alpha value is -2.01. The molecule has 0 bridgehead atoms. The fourth-order valence-electron chi connectivity index (χ4n) is 2.96. The van der Waals surface area contributed by atoms with Gasteiger partial charge in [-0.3, -0.25) is 4.79 Å². The van der Waals surface area contributed by atoms with Gasteiger partial charge >= 0.3 is 0 Å². The second-order valence-electron chi connectivity index (χ2n) is 5.89. The Labute approximate surface area is 130 Å². The minimum Gasteiger partial charge on any atom is -0.493 e. The Morgan fingerprint density at radius 2 is 2.32 bits per heavy atom. The van der Waals surface area contributed by atoms with Crippen LogP contribution in [0.15, 0.2) is 23.8 Å². The van der Waals surface area contributed by atoms with Crippen LogP contribution in [0.1, 0.15) is 18.9 Å². The number of rotatable bonds is 3. The minimum absolute atomic E-state index is 0.0350. The molecule has 3 rings (SSSR count). The number of amides is 1. The van der Waals surface area contributed by atoms with E-state index in [1.54, 1.807) is 7.11 Å². The zero-order valence-electron chi connectivity index (χ0n) is 13.0. The summed E-state index contributed by atoms with van der Waals surface area (Å²) in [5, 5.41) is 6.48. The van der Waals surface area contributed by atoms with E-state index in [1.807, 2.05) is 24.3 Å². The van der Waals surface area contributed by atoms with Crippen LogP contribution in [0.4, 0.5) is 0 Å². The first-order valence-electron chi connectivity index (χ1n) is 7.71. The van der Waals surface area contributed by atoms with Gasteiger partial charge in [-0.1, -0.05) is 19.1 Å². The molecule has 0 saturated carbocycles. The van der Waals surface area contributed by atoms with Crippen LogP contribution in [-0.2, 0) is 4.79 Å². The first-order valence-corrected chi connectivity index (χ1v) is 7.71. The van der Waals surface area contributed by atoms with Crippen molar-refractivity contribution in [2.45, 2.75) is 19.4 Å². The van der Waals surface area contributed by atoms with Gasteiger partial charge in [0.15, 0.2) is 11.5 Å². The van der Waals surface area contributed by atoms with Crippen molar-refractivity contribution < 1.29 is 14.3 Å². The van der Waals surface area contributed by atoms with Gasteiger partial charge in [0.1, 0.15) is 6.61 Å². The predicted molar refractivity (Wildman–Crippen MR) is 85.0 cm³/mol. The van der Waals surface area contributed by atoms with E-state index >= 15 is 0 Å². The highest BCUT2D eigenvalue weighted by molar-refractivity contribution is 5.99. The molecule has 2 aliphatic rings. The number of fused-ring (bicyclic) bond motifs is 1. The molecule has 0 radical (unpaired) electrons. The number of ether oxygens (including phenoxy) is 2. The Morgan fingerprint density at radius 3 is 3.09 bits per heavy atom. The predicted octanol–water partition coefficient (Wildman–Crippen LogP) is 1.59. The third-order valence-corrected chi connectivity index (χ3v) is 4.32. The number of carbonyl (C=O) groups excluding carboxylic acids is 1. The lowest BCUT2D eigenvalue weighted by atomic mass is 9.95. The lowest BCUT2D eigenvalue weighted by Crippen LogP contribution is -2.49. The molecule has 5 nitrogen and oxygen atoms in total. The van der Waals surface area contributed by atoms with Crippen LogP contribution < -0.4 is 20.1 Å². The molecule has 2 atom stereocenters. The number of piperidine rings is 1. The molecule has 5 heteroatoms. The van der Waals surface area contributed by atoms with Crippen molar-refractivity contribution in [2.75, 3.05) is 26.8 Å². The molecule has 0 aliphatic carbocycles. The Morgan fingerprint density at radius 1 is 1.45 bits per heavy atom. The smallest absolute Gasteiger partial charge is 0.250 e. The van der Waals surface area contributed by atoms with Crippen molar-refractivity contribution in [2.24, 2.45) is 5.92 Å². The van der Waals surface area contributed by atoms with Crippen molar-refractivity contribution in [3.05, 3.63) is 29.3 Å². The number of para-hydroxylation sites is 1.